The van der Waals surface area contributed by atoms with Crippen molar-refractivity contribution in [1.29, 1.82) is 0 Å². The van der Waals surface area contributed by atoms with Crippen LogP contribution in [0.25, 0.3) is 11.0 Å². The van der Waals surface area contributed by atoms with Crippen LogP contribution in [0.15, 0.2) is 53.1 Å². The maximum absolute atomic E-state index is 12.7. The summed E-state index contributed by atoms with van der Waals surface area (Å²) < 4.78 is 21.9. The highest BCUT2D eigenvalue weighted by Gasteiger charge is 2.44. The summed E-state index contributed by atoms with van der Waals surface area (Å²) in [6.45, 7) is 5.33. The maximum Gasteiger partial charge on any atom is 0.408 e. The normalized spacial score (nSPS) is 18.0. The van der Waals surface area contributed by atoms with Crippen molar-refractivity contribution in [3.63, 3.8) is 0 Å². The molecule has 0 aliphatic heterocycles. The number of benzene rings is 2. The van der Waals surface area contributed by atoms with Gasteiger partial charge in [-0.3, -0.25) is 0 Å². The molecule has 0 radical (unpaired) electrons. The summed E-state index contributed by atoms with van der Waals surface area (Å²) in [5, 5.41) is 3.73. The minimum Gasteiger partial charge on any atom is -0.467 e. The Morgan fingerprint density at radius 1 is 1.03 bits per heavy atom. The van der Waals surface area contributed by atoms with Gasteiger partial charge in [-0.05, 0) is 81.1 Å². The molecule has 0 spiro atoms. The molecule has 1 N–H and O–H groups in total. The number of hydrogen-bond donors (Lipinski definition) is 1. The first-order chi connectivity index (χ1) is 15.2. The second-order valence-corrected chi connectivity index (χ2v) is 9.03. The van der Waals surface area contributed by atoms with Crippen LogP contribution in [0.3, 0.4) is 0 Å². The molecule has 0 bridgehead atoms. The number of fused-ring (bicyclic) bond motifs is 2. The van der Waals surface area contributed by atoms with E-state index in [0.717, 1.165) is 22.1 Å². The standard InChI is InChI=1S/C25H27NO6/c1-24(2,3)32-23(28)26-25(22(27)29-4)11-9-16-5-6-19(14-18(16)15-25)31-20-7-8-21-17(13-20)10-12-30-21/h5-8,10,12-14H,9,11,15H2,1-4H3,(H,26,28). The minimum atomic E-state index is -1.20. The van der Waals surface area contributed by atoms with Crippen molar-refractivity contribution in [3.8, 4) is 11.5 Å². The third-order valence-corrected chi connectivity index (χ3v) is 5.47. The Balaban J connectivity index is 1.58. The van der Waals surface area contributed by atoms with E-state index in [1.165, 1.54) is 7.11 Å². The summed E-state index contributed by atoms with van der Waals surface area (Å²) in [5.74, 6) is 0.830. The number of methoxy groups -OCH3 is 1. The average Bonchev–Trinajstić information content (AvgIpc) is 3.19. The Morgan fingerprint density at radius 3 is 2.53 bits per heavy atom. The fraction of sp³-hybridized carbons (Fsp3) is 0.360. The summed E-state index contributed by atoms with van der Waals surface area (Å²) in [5.41, 5.74) is 0.940. The molecule has 1 heterocycles. The molecule has 7 nitrogen and oxygen atoms in total. The third-order valence-electron chi connectivity index (χ3n) is 5.47. The van der Waals surface area contributed by atoms with Gasteiger partial charge in [0, 0.05) is 11.8 Å². The summed E-state index contributed by atoms with van der Waals surface area (Å²) in [4.78, 5) is 25.2. The predicted octanol–water partition coefficient (Wildman–Crippen LogP) is 5.15. The first-order valence-corrected chi connectivity index (χ1v) is 10.5. The first kappa shape index (κ1) is 21.7. The molecular weight excluding hydrogens is 410 g/mol. The van der Waals surface area contributed by atoms with Crippen LogP contribution in [0.5, 0.6) is 11.5 Å². The number of aryl methyl sites for hydroxylation is 1. The molecule has 1 unspecified atom stereocenters. The van der Waals surface area contributed by atoms with Crippen LogP contribution in [0.4, 0.5) is 4.79 Å². The van der Waals surface area contributed by atoms with Crippen molar-refractivity contribution in [1.82, 2.24) is 5.32 Å². The van der Waals surface area contributed by atoms with E-state index in [2.05, 4.69) is 5.32 Å². The van der Waals surface area contributed by atoms with Gasteiger partial charge in [-0.1, -0.05) is 6.07 Å². The molecule has 168 valence electrons. The van der Waals surface area contributed by atoms with Crippen molar-refractivity contribution in [2.75, 3.05) is 7.11 Å². The van der Waals surface area contributed by atoms with Crippen LogP contribution in [0.1, 0.15) is 38.3 Å². The van der Waals surface area contributed by atoms with Gasteiger partial charge in [0.15, 0.2) is 0 Å². The Bertz CT molecular complexity index is 1160. The van der Waals surface area contributed by atoms with Gasteiger partial charge in [-0.25, -0.2) is 9.59 Å². The highest BCUT2D eigenvalue weighted by atomic mass is 16.6. The smallest absolute Gasteiger partial charge is 0.408 e. The maximum atomic E-state index is 12.7. The van der Waals surface area contributed by atoms with Gasteiger partial charge in [-0.15, -0.1) is 0 Å². The molecule has 0 saturated heterocycles. The molecular formula is C25H27NO6. The predicted molar refractivity (Wildman–Crippen MR) is 119 cm³/mol. The molecule has 1 aromatic heterocycles. The summed E-state index contributed by atoms with van der Waals surface area (Å²) >= 11 is 0. The number of esters is 1. The van der Waals surface area contributed by atoms with Gasteiger partial charge in [0.2, 0.25) is 0 Å². The third kappa shape index (κ3) is 4.56. The van der Waals surface area contributed by atoms with Gasteiger partial charge in [-0.2, -0.15) is 0 Å². The number of hydrogen-bond acceptors (Lipinski definition) is 6. The van der Waals surface area contributed by atoms with Gasteiger partial charge < -0.3 is 23.9 Å². The first-order valence-electron chi connectivity index (χ1n) is 10.5. The Hall–Kier alpha value is -3.48. The van der Waals surface area contributed by atoms with Crippen LogP contribution in [-0.2, 0) is 27.1 Å². The van der Waals surface area contributed by atoms with Gasteiger partial charge >= 0.3 is 12.1 Å². The lowest BCUT2D eigenvalue weighted by atomic mass is 9.78. The molecule has 7 heteroatoms. The fourth-order valence-electron chi connectivity index (χ4n) is 4.01. The molecule has 1 aliphatic carbocycles. The van der Waals surface area contributed by atoms with E-state index < -0.39 is 23.2 Å². The zero-order valence-electron chi connectivity index (χ0n) is 18.7. The quantitative estimate of drug-likeness (QED) is 0.568. The van der Waals surface area contributed by atoms with E-state index in [4.69, 9.17) is 18.6 Å². The van der Waals surface area contributed by atoms with Crippen LogP contribution in [0, 0.1) is 0 Å². The molecule has 1 atom stereocenters. The molecule has 4 rings (SSSR count). The Kier molecular flexibility index (Phi) is 5.59. The van der Waals surface area contributed by atoms with Crippen molar-refractivity contribution in [2.45, 2.75) is 51.2 Å². The summed E-state index contributed by atoms with van der Waals surface area (Å²) in [7, 11) is 1.32. The number of amides is 1. The fourth-order valence-corrected chi connectivity index (χ4v) is 4.01. The molecule has 0 saturated carbocycles. The Morgan fingerprint density at radius 2 is 1.78 bits per heavy atom. The molecule has 2 aromatic carbocycles. The van der Waals surface area contributed by atoms with E-state index in [1.807, 2.05) is 42.5 Å². The molecule has 3 aromatic rings. The van der Waals surface area contributed by atoms with Crippen LogP contribution >= 0.6 is 0 Å². The lowest BCUT2D eigenvalue weighted by molar-refractivity contribution is -0.149. The highest BCUT2D eigenvalue weighted by Crippen LogP contribution is 2.34. The number of nitrogens with one attached hydrogen (secondary N) is 1. The zero-order valence-corrected chi connectivity index (χ0v) is 18.7. The number of alkyl carbamates (subject to hydrolysis) is 1. The molecule has 0 fully saturated rings. The van der Waals surface area contributed by atoms with E-state index in [0.29, 0.717) is 24.3 Å². The van der Waals surface area contributed by atoms with Crippen molar-refractivity contribution >= 4 is 23.0 Å². The van der Waals surface area contributed by atoms with Gasteiger partial charge in [0.1, 0.15) is 28.2 Å². The van der Waals surface area contributed by atoms with E-state index in [-0.39, 0.29) is 6.42 Å². The number of rotatable bonds is 4. The van der Waals surface area contributed by atoms with Crippen molar-refractivity contribution < 1.29 is 28.2 Å². The average molecular weight is 437 g/mol. The lowest BCUT2D eigenvalue weighted by Crippen LogP contribution is -2.59. The number of furan rings is 1. The molecule has 32 heavy (non-hydrogen) atoms. The van der Waals surface area contributed by atoms with Gasteiger partial charge in [0.25, 0.3) is 0 Å². The topological polar surface area (TPSA) is 87.0 Å². The number of carbonyl (C=O) groups excluding carboxylic acids is 2. The van der Waals surface area contributed by atoms with E-state index >= 15 is 0 Å². The largest absolute Gasteiger partial charge is 0.467 e. The number of carbonyl (C=O) groups is 2. The van der Waals surface area contributed by atoms with E-state index in [1.54, 1.807) is 27.0 Å². The van der Waals surface area contributed by atoms with Crippen molar-refractivity contribution in [2.24, 2.45) is 0 Å². The number of ether oxygens (including phenoxy) is 3. The van der Waals surface area contributed by atoms with Crippen molar-refractivity contribution in [3.05, 3.63) is 59.9 Å². The SMILES string of the molecule is COC(=O)C1(NC(=O)OC(C)(C)C)CCc2ccc(Oc3ccc4occc4c3)cc2C1. The summed E-state index contributed by atoms with van der Waals surface area (Å²) in [6.07, 6.45) is 2.31. The van der Waals surface area contributed by atoms with Crippen LogP contribution in [-0.4, -0.2) is 30.3 Å². The van der Waals surface area contributed by atoms with E-state index in [9.17, 15) is 9.59 Å². The second-order valence-electron chi connectivity index (χ2n) is 9.03. The summed E-state index contributed by atoms with van der Waals surface area (Å²) in [6, 6.07) is 13.3. The van der Waals surface area contributed by atoms with Gasteiger partial charge in [0.05, 0.1) is 13.4 Å². The lowest BCUT2D eigenvalue weighted by Gasteiger charge is -2.36. The molecule has 1 aliphatic rings. The second kappa shape index (κ2) is 8.22. The zero-order chi connectivity index (χ0) is 22.9. The van der Waals surface area contributed by atoms with Crippen LogP contribution in [0.2, 0.25) is 0 Å². The highest BCUT2D eigenvalue weighted by molar-refractivity contribution is 5.86. The molecule has 1 amide bonds. The minimum absolute atomic E-state index is 0.284. The van der Waals surface area contributed by atoms with Crippen LogP contribution < -0.4 is 10.1 Å². The Labute approximate surface area is 186 Å². The monoisotopic (exact) mass is 437 g/mol.